The number of aromatic nitrogens is 1. The number of hydrogen-bond acceptors (Lipinski definition) is 5. The summed E-state index contributed by atoms with van der Waals surface area (Å²) in [6.45, 7) is 0.142. The highest BCUT2D eigenvalue weighted by molar-refractivity contribution is 7.98. The summed E-state index contributed by atoms with van der Waals surface area (Å²) in [4.78, 5) is 16.4. The number of thioether (sulfide) groups is 1. The van der Waals surface area contributed by atoms with Gasteiger partial charge in [0.05, 0.1) is 16.9 Å². The highest BCUT2D eigenvalue weighted by Gasteiger charge is 2.12. The zero-order valence-electron chi connectivity index (χ0n) is 13.4. The molecule has 2 heterocycles. The van der Waals surface area contributed by atoms with E-state index in [0.717, 1.165) is 5.03 Å². The summed E-state index contributed by atoms with van der Waals surface area (Å²) in [6.07, 6.45) is 3.52. The van der Waals surface area contributed by atoms with Crippen molar-refractivity contribution in [1.82, 2.24) is 4.98 Å². The lowest BCUT2D eigenvalue weighted by Crippen LogP contribution is -2.11. The van der Waals surface area contributed by atoms with Crippen LogP contribution in [0.25, 0.3) is 0 Å². The second-order valence-electron chi connectivity index (χ2n) is 5.05. The number of furan rings is 1. The minimum atomic E-state index is -0.369. The summed E-state index contributed by atoms with van der Waals surface area (Å²) < 4.78 is 23.8. The average Bonchev–Trinajstić information content (AvgIpc) is 3.11. The van der Waals surface area contributed by atoms with Crippen molar-refractivity contribution in [2.75, 3.05) is 11.6 Å². The van der Waals surface area contributed by atoms with Crippen LogP contribution >= 0.6 is 11.8 Å². The predicted octanol–water partition coefficient (Wildman–Crippen LogP) is 4.37. The molecular weight excluding hydrogens is 343 g/mol. The number of hydrogen-bond donors (Lipinski definition) is 1. The van der Waals surface area contributed by atoms with Gasteiger partial charge in [0.25, 0.3) is 5.91 Å². The van der Waals surface area contributed by atoms with Gasteiger partial charge in [-0.1, -0.05) is 0 Å². The van der Waals surface area contributed by atoms with E-state index in [1.165, 1.54) is 36.0 Å². The monoisotopic (exact) mass is 358 g/mol. The maximum Gasteiger partial charge on any atom is 0.291 e. The lowest BCUT2D eigenvalue weighted by molar-refractivity contribution is 0.0992. The van der Waals surface area contributed by atoms with Crippen LogP contribution in [0.4, 0.5) is 10.1 Å². The number of halogens is 1. The first-order chi connectivity index (χ1) is 12.1. The molecule has 128 valence electrons. The van der Waals surface area contributed by atoms with Gasteiger partial charge in [-0.05, 0) is 54.8 Å². The molecule has 0 atom stereocenters. The van der Waals surface area contributed by atoms with Gasteiger partial charge in [-0.2, -0.15) is 0 Å². The van der Waals surface area contributed by atoms with E-state index in [4.69, 9.17) is 9.15 Å². The van der Waals surface area contributed by atoms with Crippen LogP contribution in [0.2, 0.25) is 0 Å². The van der Waals surface area contributed by atoms with Crippen LogP contribution < -0.4 is 10.1 Å². The molecule has 1 amide bonds. The Bertz CT molecular complexity index is 848. The van der Waals surface area contributed by atoms with Crippen molar-refractivity contribution in [3.05, 3.63) is 72.1 Å². The van der Waals surface area contributed by atoms with Crippen molar-refractivity contribution in [2.24, 2.45) is 0 Å². The lowest BCUT2D eigenvalue weighted by Gasteiger charge is -2.04. The van der Waals surface area contributed by atoms with Crippen molar-refractivity contribution in [2.45, 2.75) is 11.6 Å². The van der Waals surface area contributed by atoms with Crippen molar-refractivity contribution in [3.8, 4) is 5.75 Å². The molecule has 0 aliphatic rings. The zero-order valence-corrected chi connectivity index (χ0v) is 14.2. The number of anilines is 1. The molecule has 0 saturated heterocycles. The van der Waals surface area contributed by atoms with E-state index in [9.17, 15) is 9.18 Å². The fourth-order valence-electron chi connectivity index (χ4n) is 2.03. The topological polar surface area (TPSA) is 64.4 Å². The Labute approximate surface area is 148 Å². The fourth-order valence-corrected chi connectivity index (χ4v) is 2.39. The second kappa shape index (κ2) is 7.85. The van der Waals surface area contributed by atoms with Gasteiger partial charge in [-0.15, -0.1) is 11.8 Å². The van der Waals surface area contributed by atoms with Crippen LogP contribution in [0.5, 0.6) is 5.75 Å². The Hall–Kier alpha value is -2.80. The number of carbonyl (C=O) groups is 1. The number of rotatable bonds is 6. The highest BCUT2D eigenvalue weighted by Crippen LogP contribution is 2.17. The lowest BCUT2D eigenvalue weighted by atomic mass is 10.3. The molecule has 1 aromatic carbocycles. The normalized spacial score (nSPS) is 10.5. The Morgan fingerprint density at radius 1 is 1.20 bits per heavy atom. The fraction of sp³-hybridized carbons (Fsp3) is 0.111. The van der Waals surface area contributed by atoms with Crippen LogP contribution in [-0.4, -0.2) is 17.1 Å². The minimum Gasteiger partial charge on any atom is -0.486 e. The molecule has 0 unspecified atom stereocenters. The Morgan fingerprint density at radius 2 is 2.00 bits per heavy atom. The number of ether oxygens (including phenoxy) is 1. The molecule has 3 aromatic rings. The maximum absolute atomic E-state index is 12.8. The molecule has 0 bridgehead atoms. The van der Waals surface area contributed by atoms with Gasteiger partial charge in [0, 0.05) is 0 Å². The van der Waals surface area contributed by atoms with Crippen LogP contribution in [0.3, 0.4) is 0 Å². The van der Waals surface area contributed by atoms with Gasteiger partial charge >= 0.3 is 0 Å². The van der Waals surface area contributed by atoms with E-state index in [1.54, 1.807) is 24.4 Å². The van der Waals surface area contributed by atoms with Crippen molar-refractivity contribution < 1.29 is 18.3 Å². The van der Waals surface area contributed by atoms with Crippen molar-refractivity contribution in [3.63, 3.8) is 0 Å². The van der Waals surface area contributed by atoms with Crippen LogP contribution in [-0.2, 0) is 6.61 Å². The molecule has 1 N–H and O–H groups in total. The quantitative estimate of drug-likeness (QED) is 0.663. The first-order valence-corrected chi connectivity index (χ1v) is 8.65. The molecule has 0 saturated carbocycles. The maximum atomic E-state index is 12.8. The third-order valence-corrected chi connectivity index (χ3v) is 3.94. The number of benzene rings is 1. The third-order valence-electron chi connectivity index (χ3n) is 3.28. The number of nitrogens with zero attached hydrogens (tertiary/aromatic N) is 1. The summed E-state index contributed by atoms with van der Waals surface area (Å²) >= 11 is 1.52. The van der Waals surface area contributed by atoms with Crippen molar-refractivity contribution >= 4 is 23.4 Å². The number of pyridine rings is 1. The number of amides is 1. The first kappa shape index (κ1) is 17.0. The SMILES string of the molecule is CSc1ccc(NC(=O)c2ccc(COc3ccc(F)cc3)o2)cn1. The van der Waals surface area contributed by atoms with Gasteiger partial charge in [0.1, 0.15) is 23.9 Å². The molecule has 0 aliphatic heterocycles. The molecule has 2 aromatic heterocycles. The Morgan fingerprint density at radius 3 is 2.68 bits per heavy atom. The summed E-state index contributed by atoms with van der Waals surface area (Å²) in [5.41, 5.74) is 0.586. The molecule has 0 spiro atoms. The van der Waals surface area contributed by atoms with Gasteiger partial charge in [0.15, 0.2) is 5.76 Å². The van der Waals surface area contributed by atoms with E-state index in [0.29, 0.717) is 17.2 Å². The van der Waals surface area contributed by atoms with Crippen LogP contribution in [0.15, 0.2) is 64.2 Å². The minimum absolute atomic E-state index is 0.142. The molecule has 0 fully saturated rings. The number of nitrogens with one attached hydrogen (secondary N) is 1. The average molecular weight is 358 g/mol. The van der Waals surface area contributed by atoms with Gasteiger partial charge < -0.3 is 14.5 Å². The van der Waals surface area contributed by atoms with Gasteiger partial charge in [0.2, 0.25) is 0 Å². The van der Waals surface area contributed by atoms with E-state index in [1.807, 2.05) is 12.3 Å². The molecule has 25 heavy (non-hydrogen) atoms. The zero-order chi connectivity index (χ0) is 17.6. The summed E-state index contributed by atoms with van der Waals surface area (Å²) in [5.74, 6) is 0.483. The Balaban J connectivity index is 1.58. The Kier molecular flexibility index (Phi) is 5.35. The van der Waals surface area contributed by atoms with Gasteiger partial charge in [-0.25, -0.2) is 9.37 Å². The largest absolute Gasteiger partial charge is 0.486 e. The summed E-state index contributed by atoms with van der Waals surface area (Å²) in [6, 6.07) is 12.5. The molecular formula is C18H15FN2O3S. The molecule has 0 aliphatic carbocycles. The summed E-state index contributed by atoms with van der Waals surface area (Å²) in [5, 5.41) is 3.59. The smallest absolute Gasteiger partial charge is 0.291 e. The van der Waals surface area contributed by atoms with E-state index >= 15 is 0 Å². The standard InChI is InChI=1S/C18H15FN2O3S/c1-25-17-9-4-13(10-20-17)21-18(22)16-8-7-15(24-16)11-23-14-5-2-12(19)3-6-14/h2-10H,11H2,1H3,(H,21,22). The summed E-state index contributed by atoms with van der Waals surface area (Å²) in [7, 11) is 0. The molecule has 3 rings (SSSR count). The van der Waals surface area contributed by atoms with Crippen molar-refractivity contribution in [1.29, 1.82) is 0 Å². The highest BCUT2D eigenvalue weighted by atomic mass is 32.2. The molecule has 0 radical (unpaired) electrons. The van der Waals surface area contributed by atoms with Crippen LogP contribution in [0.1, 0.15) is 16.3 Å². The number of carbonyl (C=O) groups excluding carboxylic acids is 1. The van der Waals surface area contributed by atoms with Crippen LogP contribution in [0, 0.1) is 5.82 Å². The van der Waals surface area contributed by atoms with E-state index in [-0.39, 0.29) is 24.1 Å². The second-order valence-corrected chi connectivity index (χ2v) is 5.88. The van der Waals surface area contributed by atoms with E-state index in [2.05, 4.69) is 10.3 Å². The molecule has 5 nitrogen and oxygen atoms in total. The van der Waals surface area contributed by atoms with Gasteiger partial charge in [-0.3, -0.25) is 4.79 Å². The molecule has 7 heteroatoms. The third kappa shape index (κ3) is 4.60. The predicted molar refractivity (Wildman–Crippen MR) is 93.4 cm³/mol. The van der Waals surface area contributed by atoms with E-state index < -0.39 is 0 Å². The first-order valence-electron chi connectivity index (χ1n) is 7.42.